The van der Waals surface area contributed by atoms with E-state index in [1.807, 2.05) is 18.2 Å². The molecular weight excluding hydrogens is 232 g/mol. The molecule has 0 radical (unpaired) electrons. The number of hydrogen-bond acceptors (Lipinski definition) is 3. The summed E-state index contributed by atoms with van der Waals surface area (Å²) in [6.07, 6.45) is 0. The number of aromatic nitrogens is 1. The maximum Gasteiger partial charge on any atom is 0.106 e. The molecule has 1 aromatic rings. The summed E-state index contributed by atoms with van der Waals surface area (Å²) in [5, 5.41) is 3.35. The number of halogens is 1. The van der Waals surface area contributed by atoms with E-state index in [4.69, 9.17) is 4.74 Å². The van der Waals surface area contributed by atoms with E-state index >= 15 is 0 Å². The van der Waals surface area contributed by atoms with Crippen molar-refractivity contribution in [3.05, 3.63) is 28.5 Å². The second-order valence-electron chi connectivity index (χ2n) is 2.97. The highest BCUT2D eigenvalue weighted by Crippen LogP contribution is 2.15. The highest BCUT2D eigenvalue weighted by molar-refractivity contribution is 9.10. The minimum Gasteiger partial charge on any atom is -0.378 e. The number of pyridine rings is 1. The fourth-order valence-electron chi connectivity index (χ4n) is 1.37. The Morgan fingerprint density at radius 2 is 2.46 bits per heavy atom. The number of morpholine rings is 1. The van der Waals surface area contributed by atoms with Crippen molar-refractivity contribution < 1.29 is 4.74 Å². The number of hydrogen-bond donors (Lipinski definition) is 1. The van der Waals surface area contributed by atoms with Crippen molar-refractivity contribution in [1.29, 1.82) is 0 Å². The second-order valence-corrected chi connectivity index (χ2v) is 3.78. The summed E-state index contributed by atoms with van der Waals surface area (Å²) >= 11 is 3.35. The molecule has 1 fully saturated rings. The summed E-state index contributed by atoms with van der Waals surface area (Å²) in [4.78, 5) is 4.37. The molecule has 1 atom stereocenters. The van der Waals surface area contributed by atoms with Crippen LogP contribution >= 0.6 is 15.9 Å². The first-order chi connectivity index (χ1) is 6.36. The zero-order valence-electron chi connectivity index (χ0n) is 7.16. The van der Waals surface area contributed by atoms with Crippen molar-refractivity contribution in [3.8, 4) is 0 Å². The molecule has 1 aliphatic heterocycles. The van der Waals surface area contributed by atoms with Gasteiger partial charge in [-0.25, -0.2) is 4.98 Å². The van der Waals surface area contributed by atoms with Crippen LogP contribution in [0.25, 0.3) is 0 Å². The molecular formula is C9H11BrN2O. The maximum atomic E-state index is 5.36. The Morgan fingerprint density at radius 3 is 3.15 bits per heavy atom. The molecule has 0 aromatic carbocycles. The summed E-state index contributed by atoms with van der Waals surface area (Å²) in [5.41, 5.74) is 1.04. The van der Waals surface area contributed by atoms with Gasteiger partial charge in [-0.15, -0.1) is 0 Å². The topological polar surface area (TPSA) is 34.1 Å². The number of nitrogens with zero attached hydrogens (tertiary/aromatic N) is 1. The molecule has 3 nitrogen and oxygen atoms in total. The lowest BCUT2D eigenvalue weighted by Crippen LogP contribution is -2.35. The van der Waals surface area contributed by atoms with Gasteiger partial charge in [-0.05, 0) is 28.1 Å². The first-order valence-electron chi connectivity index (χ1n) is 4.30. The lowest BCUT2D eigenvalue weighted by molar-refractivity contribution is 0.0756. The van der Waals surface area contributed by atoms with Crippen LogP contribution in [0.3, 0.4) is 0 Å². The summed E-state index contributed by atoms with van der Waals surface area (Å²) in [5.74, 6) is 0. The van der Waals surface area contributed by atoms with E-state index in [2.05, 4.69) is 26.2 Å². The number of nitrogens with one attached hydrogen (secondary N) is 1. The third kappa shape index (κ3) is 2.27. The van der Waals surface area contributed by atoms with Crippen molar-refractivity contribution in [2.75, 3.05) is 19.8 Å². The van der Waals surface area contributed by atoms with Crippen molar-refractivity contribution in [1.82, 2.24) is 10.3 Å². The van der Waals surface area contributed by atoms with E-state index in [9.17, 15) is 0 Å². The molecule has 2 rings (SSSR count). The predicted molar refractivity (Wildman–Crippen MR) is 53.5 cm³/mol. The second kappa shape index (κ2) is 4.17. The van der Waals surface area contributed by atoms with Crippen LogP contribution in [0.15, 0.2) is 22.8 Å². The monoisotopic (exact) mass is 242 g/mol. The quantitative estimate of drug-likeness (QED) is 0.759. The van der Waals surface area contributed by atoms with Crippen LogP contribution in [0.1, 0.15) is 11.7 Å². The summed E-state index contributed by atoms with van der Waals surface area (Å²) < 4.78 is 6.23. The average molecular weight is 243 g/mol. The van der Waals surface area contributed by atoms with Gasteiger partial charge in [0.1, 0.15) is 4.60 Å². The van der Waals surface area contributed by atoms with Crippen LogP contribution < -0.4 is 5.32 Å². The van der Waals surface area contributed by atoms with E-state index in [0.717, 1.165) is 23.4 Å². The molecule has 0 amide bonds. The van der Waals surface area contributed by atoms with E-state index in [-0.39, 0.29) is 6.04 Å². The lowest BCUT2D eigenvalue weighted by Gasteiger charge is -2.23. The smallest absolute Gasteiger partial charge is 0.106 e. The van der Waals surface area contributed by atoms with Crippen molar-refractivity contribution in [2.45, 2.75) is 6.04 Å². The average Bonchev–Trinajstić information content (AvgIpc) is 2.19. The summed E-state index contributed by atoms with van der Waals surface area (Å²) in [6, 6.07) is 6.17. The van der Waals surface area contributed by atoms with Crippen LogP contribution in [0.4, 0.5) is 0 Å². The van der Waals surface area contributed by atoms with Gasteiger partial charge in [0.25, 0.3) is 0 Å². The van der Waals surface area contributed by atoms with Crippen LogP contribution in [-0.2, 0) is 4.74 Å². The number of ether oxygens (including phenoxy) is 1. The Kier molecular flexibility index (Phi) is 2.93. The molecule has 1 N–H and O–H groups in total. The first-order valence-corrected chi connectivity index (χ1v) is 5.09. The molecule has 1 aromatic heterocycles. The minimum absolute atomic E-state index is 0.242. The van der Waals surface area contributed by atoms with Gasteiger partial charge < -0.3 is 10.1 Å². The maximum absolute atomic E-state index is 5.36. The molecule has 0 aliphatic carbocycles. The Hall–Kier alpha value is -0.450. The highest BCUT2D eigenvalue weighted by Gasteiger charge is 2.15. The summed E-state index contributed by atoms with van der Waals surface area (Å²) in [6.45, 7) is 2.41. The third-order valence-electron chi connectivity index (χ3n) is 2.02. The highest BCUT2D eigenvalue weighted by atomic mass is 79.9. The van der Waals surface area contributed by atoms with Gasteiger partial charge in [0.15, 0.2) is 0 Å². The standard InChI is InChI=1S/C9H11BrN2O/c10-9-3-1-2-7(12-9)8-6-13-5-4-11-8/h1-3,8,11H,4-6H2/t8-/m1/s1. The Bertz CT molecular complexity index is 287. The number of rotatable bonds is 1. The van der Waals surface area contributed by atoms with Gasteiger partial charge >= 0.3 is 0 Å². The molecule has 2 heterocycles. The van der Waals surface area contributed by atoms with E-state index in [0.29, 0.717) is 6.61 Å². The molecule has 0 unspecified atom stereocenters. The third-order valence-corrected chi connectivity index (χ3v) is 2.46. The Morgan fingerprint density at radius 1 is 1.54 bits per heavy atom. The molecule has 4 heteroatoms. The Labute approximate surface area is 85.6 Å². The predicted octanol–water partition coefficient (Wildman–Crippen LogP) is 1.50. The minimum atomic E-state index is 0.242. The van der Waals surface area contributed by atoms with Gasteiger partial charge in [-0.3, -0.25) is 0 Å². The van der Waals surface area contributed by atoms with Crippen molar-refractivity contribution >= 4 is 15.9 Å². The van der Waals surface area contributed by atoms with Gasteiger partial charge in [0.2, 0.25) is 0 Å². The summed E-state index contributed by atoms with van der Waals surface area (Å²) in [7, 11) is 0. The SMILES string of the molecule is Brc1cccc([C@H]2COCCN2)n1. The first kappa shape index (κ1) is 9.12. The van der Waals surface area contributed by atoms with Crippen LogP contribution in [0.5, 0.6) is 0 Å². The largest absolute Gasteiger partial charge is 0.378 e. The molecule has 0 spiro atoms. The van der Waals surface area contributed by atoms with Crippen molar-refractivity contribution in [3.63, 3.8) is 0 Å². The molecule has 0 saturated carbocycles. The van der Waals surface area contributed by atoms with Crippen LogP contribution in [0, 0.1) is 0 Å². The molecule has 1 aliphatic rings. The van der Waals surface area contributed by atoms with E-state index in [1.54, 1.807) is 0 Å². The van der Waals surface area contributed by atoms with Gasteiger partial charge in [0, 0.05) is 6.54 Å². The fourth-order valence-corrected chi connectivity index (χ4v) is 1.73. The zero-order chi connectivity index (χ0) is 9.10. The van der Waals surface area contributed by atoms with Crippen LogP contribution in [-0.4, -0.2) is 24.7 Å². The molecule has 1 saturated heterocycles. The normalized spacial score (nSPS) is 23.0. The fraction of sp³-hybridized carbons (Fsp3) is 0.444. The van der Waals surface area contributed by atoms with Gasteiger partial charge in [-0.1, -0.05) is 6.07 Å². The van der Waals surface area contributed by atoms with E-state index in [1.165, 1.54) is 0 Å². The zero-order valence-corrected chi connectivity index (χ0v) is 8.75. The molecule has 13 heavy (non-hydrogen) atoms. The van der Waals surface area contributed by atoms with Crippen LogP contribution in [0.2, 0.25) is 0 Å². The molecule has 0 bridgehead atoms. The van der Waals surface area contributed by atoms with Gasteiger partial charge in [0.05, 0.1) is 24.9 Å². The molecule has 70 valence electrons. The van der Waals surface area contributed by atoms with Crippen molar-refractivity contribution in [2.24, 2.45) is 0 Å². The lowest BCUT2D eigenvalue weighted by atomic mass is 10.2. The Balaban J connectivity index is 2.14. The van der Waals surface area contributed by atoms with Gasteiger partial charge in [-0.2, -0.15) is 0 Å². The van der Waals surface area contributed by atoms with E-state index < -0.39 is 0 Å².